The highest BCUT2D eigenvalue weighted by molar-refractivity contribution is 6.08. The number of unbranched alkanes of at least 4 members (excludes halogenated alkanes) is 2. The summed E-state index contributed by atoms with van der Waals surface area (Å²) < 4.78 is 20.2. The van der Waals surface area contributed by atoms with Gasteiger partial charge in [0, 0.05) is 112 Å². The number of benzene rings is 4. The van der Waals surface area contributed by atoms with E-state index in [1.807, 2.05) is 18.5 Å². The van der Waals surface area contributed by atoms with Crippen molar-refractivity contribution in [1.29, 1.82) is 0 Å². The molecule has 11 aromatic rings. The summed E-state index contributed by atoms with van der Waals surface area (Å²) in [5, 5.41) is 17.4. The summed E-state index contributed by atoms with van der Waals surface area (Å²) in [7, 11) is 0. The SMILES string of the molecule is CCCCC1(CCCC)c2cc(C3=CCC4N3CCCc3ccnn34)ccc2-c2ccc(-c3ccc4n3CCCc3cc(C5CCC(=CN)C(=Nc6ccc7oc8ccc(-n9ncc%10c9-n9cccc9CCC%10)cc8c7c6)n6cccc65)nn3-4)cc21. The Morgan fingerprint density at radius 1 is 0.698 bits per heavy atom. The molecule has 0 bridgehead atoms. The molecule has 4 aromatic carbocycles. The molecule has 2 N–H and O–H groups in total. The van der Waals surface area contributed by atoms with Gasteiger partial charge in [-0.3, -0.25) is 0 Å². The average molecular weight is 1130 g/mol. The number of aryl methyl sites for hydroxylation is 4. The van der Waals surface area contributed by atoms with Crippen LogP contribution in [0.25, 0.3) is 67.3 Å². The molecule has 430 valence electrons. The third kappa shape index (κ3) is 7.95. The maximum absolute atomic E-state index is 6.58. The Labute approximate surface area is 501 Å². The van der Waals surface area contributed by atoms with E-state index in [1.54, 1.807) is 6.20 Å². The third-order valence-corrected chi connectivity index (χ3v) is 20.3. The first-order valence-electron chi connectivity index (χ1n) is 31.9. The Kier molecular flexibility index (Phi) is 12.1. The van der Waals surface area contributed by atoms with Gasteiger partial charge < -0.3 is 28.8 Å². The molecule has 0 radical (unpaired) electrons. The number of rotatable bonds is 11. The van der Waals surface area contributed by atoms with E-state index in [-0.39, 0.29) is 17.5 Å². The third-order valence-electron chi connectivity index (χ3n) is 20.3. The van der Waals surface area contributed by atoms with Crippen LogP contribution >= 0.6 is 0 Å². The Morgan fingerprint density at radius 2 is 1.48 bits per heavy atom. The van der Waals surface area contributed by atoms with Gasteiger partial charge in [-0.1, -0.05) is 69.9 Å². The summed E-state index contributed by atoms with van der Waals surface area (Å²) in [4.78, 5) is 8.09. The Morgan fingerprint density at radius 3 is 2.34 bits per heavy atom. The van der Waals surface area contributed by atoms with Crippen LogP contribution in [0.5, 0.6) is 0 Å². The molecule has 0 saturated carbocycles. The Balaban J connectivity index is 0.688. The lowest BCUT2D eigenvalue weighted by atomic mass is 9.70. The van der Waals surface area contributed by atoms with Crippen molar-refractivity contribution in [2.75, 3.05) is 6.54 Å². The summed E-state index contributed by atoms with van der Waals surface area (Å²) >= 11 is 0. The summed E-state index contributed by atoms with van der Waals surface area (Å²) in [5.41, 5.74) is 29.6. The summed E-state index contributed by atoms with van der Waals surface area (Å²) in [6, 6.07) is 45.6. The molecule has 2 unspecified atom stereocenters. The van der Waals surface area contributed by atoms with Crippen molar-refractivity contribution in [3.63, 3.8) is 0 Å². The van der Waals surface area contributed by atoms with Gasteiger partial charge in [0.15, 0.2) is 0 Å². The topological polar surface area (TPSA) is 123 Å². The van der Waals surface area contributed by atoms with E-state index >= 15 is 0 Å². The molecular weight excluding hydrogens is 1060 g/mol. The molecule has 12 heterocycles. The number of hydrogen-bond acceptors (Lipinski definition) is 7. The molecule has 2 atom stereocenters. The van der Waals surface area contributed by atoms with E-state index in [0.717, 1.165) is 158 Å². The van der Waals surface area contributed by atoms with Crippen LogP contribution in [-0.2, 0) is 37.6 Å². The first-order chi connectivity index (χ1) is 42.4. The predicted octanol–water partition coefficient (Wildman–Crippen LogP) is 15.8. The van der Waals surface area contributed by atoms with Crippen molar-refractivity contribution < 1.29 is 4.42 Å². The van der Waals surface area contributed by atoms with Crippen LogP contribution in [-0.4, -0.2) is 60.3 Å². The van der Waals surface area contributed by atoms with Gasteiger partial charge in [0.2, 0.25) is 0 Å². The van der Waals surface area contributed by atoms with Gasteiger partial charge in [0.1, 0.15) is 34.8 Å². The maximum Gasteiger partial charge on any atom is 0.143 e. The highest BCUT2D eigenvalue weighted by Crippen LogP contribution is 2.56. The second kappa shape index (κ2) is 20.3. The number of aliphatic imine (C=N–C) groups is 1. The molecule has 17 rings (SSSR count). The van der Waals surface area contributed by atoms with E-state index in [2.05, 4.69) is 180 Å². The lowest BCUT2D eigenvalue weighted by Gasteiger charge is -2.34. The minimum atomic E-state index is -0.0594. The molecular formula is C73H72N12O. The number of nitrogens with zero attached hydrogens (tertiary/aromatic N) is 11. The van der Waals surface area contributed by atoms with Gasteiger partial charge in [-0.2, -0.15) is 15.3 Å². The monoisotopic (exact) mass is 1130 g/mol. The Hall–Kier alpha value is -9.10. The first-order valence-corrected chi connectivity index (χ1v) is 31.9. The fraction of sp³-hybridized carbons (Fsp3) is 0.315. The highest BCUT2D eigenvalue weighted by atomic mass is 16.3. The van der Waals surface area contributed by atoms with Crippen molar-refractivity contribution in [3.05, 3.63) is 215 Å². The summed E-state index contributed by atoms with van der Waals surface area (Å²) in [6.07, 6.45) is 29.8. The fourth-order valence-corrected chi connectivity index (χ4v) is 16.1. The smallest absolute Gasteiger partial charge is 0.143 e. The van der Waals surface area contributed by atoms with Crippen molar-refractivity contribution in [2.24, 2.45) is 10.7 Å². The summed E-state index contributed by atoms with van der Waals surface area (Å²) in [5.74, 6) is 3.12. The predicted molar refractivity (Wildman–Crippen MR) is 342 cm³/mol. The van der Waals surface area contributed by atoms with Crippen LogP contribution in [0.4, 0.5) is 5.69 Å². The van der Waals surface area contributed by atoms with E-state index in [4.69, 9.17) is 30.4 Å². The van der Waals surface area contributed by atoms with Gasteiger partial charge in [0.25, 0.3) is 0 Å². The van der Waals surface area contributed by atoms with Gasteiger partial charge in [-0.15, -0.1) is 0 Å². The zero-order valence-corrected chi connectivity index (χ0v) is 49.3. The van der Waals surface area contributed by atoms with Crippen LogP contribution in [0.3, 0.4) is 0 Å². The lowest BCUT2D eigenvalue weighted by Crippen LogP contribution is -2.28. The van der Waals surface area contributed by atoms with Crippen LogP contribution < -0.4 is 5.73 Å². The van der Waals surface area contributed by atoms with Crippen molar-refractivity contribution in [3.8, 4) is 39.7 Å². The van der Waals surface area contributed by atoms with Crippen LogP contribution in [0.2, 0.25) is 0 Å². The molecule has 86 heavy (non-hydrogen) atoms. The molecule has 0 amide bonds. The van der Waals surface area contributed by atoms with E-state index in [9.17, 15) is 0 Å². The highest BCUT2D eigenvalue weighted by Gasteiger charge is 2.44. The molecule has 13 heteroatoms. The van der Waals surface area contributed by atoms with Gasteiger partial charge in [0.05, 0.1) is 23.3 Å². The van der Waals surface area contributed by atoms with Crippen LogP contribution in [0, 0.1) is 0 Å². The van der Waals surface area contributed by atoms with Crippen LogP contribution in [0.1, 0.15) is 154 Å². The minimum absolute atomic E-state index is 0.0341. The molecule has 0 fully saturated rings. The van der Waals surface area contributed by atoms with Gasteiger partial charge >= 0.3 is 0 Å². The minimum Gasteiger partial charge on any atom is -0.456 e. The number of nitrogens with two attached hydrogens (primary N) is 1. The molecule has 0 saturated heterocycles. The molecule has 13 nitrogen and oxygen atoms in total. The van der Waals surface area contributed by atoms with Crippen LogP contribution in [0.15, 0.2) is 173 Å². The summed E-state index contributed by atoms with van der Waals surface area (Å²) in [6.45, 7) is 6.70. The van der Waals surface area contributed by atoms with Crippen molar-refractivity contribution in [1.82, 2.24) is 47.9 Å². The average Bonchev–Trinajstić information content (AvgIpc) is 1.86. The fourth-order valence-electron chi connectivity index (χ4n) is 16.1. The normalized spacial score (nSPS) is 19.2. The van der Waals surface area contributed by atoms with Gasteiger partial charge in [-0.25, -0.2) is 19.0 Å². The first kappa shape index (κ1) is 51.3. The standard InChI is InChI=1S/C73H72N12O/c1-3-5-33-73(34-6-4-2)61-40-47(64-26-30-69-80(64)37-9-15-53-32-35-75-83(53)69)18-23-56(61)57-24-19-48(41-62(57)73)65-27-31-70-81(65)38-10-16-54-44-63(78-84(54)70)58-25-20-49(45-74)71(82-39-11-17-66(58)82)77-51-21-28-67-59(42-51)60-43-55(22-29-68(60)86-67)85-72-50(46-76-85)12-7-13-52-14-8-36-79(52)72/h8,11,14,17-19,21-24,26-29,31-32,35-36,39-46,58,69H,3-7,9-10,12-13,15-16,20,25,30,33-34,37-38,74H2,1-2H3. The molecule has 0 spiro atoms. The molecule has 6 aliphatic rings. The largest absolute Gasteiger partial charge is 0.456 e. The molecule has 1 aliphatic carbocycles. The van der Waals surface area contributed by atoms with Gasteiger partial charge in [-0.05, 0) is 201 Å². The molecule has 7 aromatic heterocycles. The lowest BCUT2D eigenvalue weighted by molar-refractivity contribution is 0.233. The quantitative estimate of drug-likeness (QED) is 0.138. The Bertz CT molecular complexity index is 4580. The number of aromatic nitrogens is 9. The number of furan rings is 1. The number of fused-ring (bicyclic) bond motifs is 16. The van der Waals surface area contributed by atoms with E-state index in [1.165, 1.54) is 93.1 Å². The zero-order chi connectivity index (χ0) is 57.2. The maximum atomic E-state index is 6.58. The van der Waals surface area contributed by atoms with Crippen molar-refractivity contribution >= 4 is 39.2 Å². The van der Waals surface area contributed by atoms with E-state index < -0.39 is 0 Å². The zero-order valence-electron chi connectivity index (χ0n) is 49.3. The second-order valence-electron chi connectivity index (χ2n) is 25.1. The molecule has 5 aliphatic heterocycles. The number of allylic oxidation sites excluding steroid dienone is 1. The second-order valence-corrected chi connectivity index (χ2v) is 25.1. The number of hydrogen-bond donors (Lipinski definition) is 1. The van der Waals surface area contributed by atoms with E-state index in [0.29, 0.717) is 0 Å². The van der Waals surface area contributed by atoms with Crippen molar-refractivity contribution in [2.45, 2.75) is 141 Å².